The van der Waals surface area contributed by atoms with Gasteiger partial charge in [-0.25, -0.2) is 4.98 Å². The van der Waals surface area contributed by atoms with Gasteiger partial charge in [0, 0.05) is 20.8 Å². The molecule has 0 aliphatic carbocycles. The summed E-state index contributed by atoms with van der Waals surface area (Å²) in [6.07, 6.45) is 1.77. The van der Waals surface area contributed by atoms with Gasteiger partial charge in [0.2, 0.25) is 0 Å². The highest BCUT2D eigenvalue weighted by atomic mass is 79.9. The van der Waals surface area contributed by atoms with Crippen LogP contribution in [0.25, 0.3) is 0 Å². The molecule has 1 aromatic carbocycles. The van der Waals surface area contributed by atoms with Gasteiger partial charge in [0.05, 0.1) is 0 Å². The first-order valence-electron chi connectivity index (χ1n) is 4.80. The molecule has 0 aliphatic heterocycles. The molecule has 0 aliphatic rings. The number of benzene rings is 1. The van der Waals surface area contributed by atoms with Crippen LogP contribution in [0.5, 0.6) is 0 Å². The van der Waals surface area contributed by atoms with Crippen molar-refractivity contribution in [1.82, 2.24) is 4.98 Å². The molecule has 0 unspecified atom stereocenters. The zero-order valence-electron chi connectivity index (χ0n) is 8.67. The van der Waals surface area contributed by atoms with E-state index in [2.05, 4.69) is 55.2 Å². The predicted octanol–water partition coefficient (Wildman–Crippen LogP) is 4.66. The van der Waals surface area contributed by atoms with Crippen molar-refractivity contribution in [2.45, 2.75) is 6.92 Å². The average Bonchev–Trinajstić information content (AvgIpc) is 2.27. The van der Waals surface area contributed by atoms with E-state index in [0.717, 1.165) is 20.5 Å². The summed E-state index contributed by atoms with van der Waals surface area (Å²) in [6.45, 7) is 2.06. The lowest BCUT2D eigenvalue weighted by molar-refractivity contribution is 1.28. The molecule has 2 aromatic rings. The number of halogens is 2. The number of pyridine rings is 1. The topological polar surface area (TPSA) is 24.9 Å². The minimum absolute atomic E-state index is 0.837. The second-order valence-corrected chi connectivity index (χ2v) is 5.28. The minimum atomic E-state index is 0.837. The molecule has 0 atom stereocenters. The Kier molecular flexibility index (Phi) is 3.61. The molecule has 0 spiro atoms. The number of rotatable bonds is 2. The molecule has 0 radical (unpaired) electrons. The number of aryl methyl sites for hydroxylation is 1. The normalized spacial score (nSPS) is 10.2. The third kappa shape index (κ3) is 2.83. The van der Waals surface area contributed by atoms with Crippen molar-refractivity contribution in [2.24, 2.45) is 0 Å². The lowest BCUT2D eigenvalue weighted by Crippen LogP contribution is -1.95. The first kappa shape index (κ1) is 11.6. The molecule has 0 fully saturated rings. The summed E-state index contributed by atoms with van der Waals surface area (Å²) in [5.41, 5.74) is 2.25. The van der Waals surface area contributed by atoms with E-state index in [0.29, 0.717) is 0 Å². The predicted molar refractivity (Wildman–Crippen MR) is 74.1 cm³/mol. The van der Waals surface area contributed by atoms with Crippen LogP contribution < -0.4 is 5.32 Å². The van der Waals surface area contributed by atoms with E-state index in [1.165, 1.54) is 5.56 Å². The summed E-state index contributed by atoms with van der Waals surface area (Å²) in [6, 6.07) is 10.0. The van der Waals surface area contributed by atoms with Crippen LogP contribution in [0, 0.1) is 6.92 Å². The van der Waals surface area contributed by atoms with E-state index in [-0.39, 0.29) is 0 Å². The Morgan fingerprint density at radius 3 is 2.50 bits per heavy atom. The standard InChI is InChI=1S/C12H10Br2N2/c1-8-2-3-9(13)6-11(8)16-12-5-4-10(14)7-15-12/h2-7H,1H3,(H,15,16). The summed E-state index contributed by atoms with van der Waals surface area (Å²) < 4.78 is 2.03. The molecule has 0 amide bonds. The number of aromatic nitrogens is 1. The van der Waals surface area contributed by atoms with Gasteiger partial charge in [-0.2, -0.15) is 0 Å². The highest BCUT2D eigenvalue weighted by Crippen LogP contribution is 2.23. The van der Waals surface area contributed by atoms with Gasteiger partial charge < -0.3 is 5.32 Å². The Labute approximate surface area is 111 Å². The summed E-state index contributed by atoms with van der Waals surface area (Å²) >= 11 is 6.81. The summed E-state index contributed by atoms with van der Waals surface area (Å²) in [5.74, 6) is 0.837. The van der Waals surface area contributed by atoms with Crippen molar-refractivity contribution in [3.63, 3.8) is 0 Å². The molecular weight excluding hydrogens is 332 g/mol. The van der Waals surface area contributed by atoms with Crippen LogP contribution in [-0.2, 0) is 0 Å². The fourth-order valence-corrected chi connectivity index (χ4v) is 1.91. The van der Waals surface area contributed by atoms with Crippen LogP contribution in [0.4, 0.5) is 11.5 Å². The fraction of sp³-hybridized carbons (Fsp3) is 0.0833. The van der Waals surface area contributed by atoms with Gasteiger partial charge in [-0.1, -0.05) is 22.0 Å². The van der Waals surface area contributed by atoms with Gasteiger partial charge in [0.1, 0.15) is 5.82 Å². The molecule has 0 saturated heterocycles. The van der Waals surface area contributed by atoms with Crippen molar-refractivity contribution in [3.8, 4) is 0 Å². The van der Waals surface area contributed by atoms with Gasteiger partial charge in [0.25, 0.3) is 0 Å². The Balaban J connectivity index is 2.26. The highest BCUT2D eigenvalue weighted by Gasteiger charge is 2.00. The van der Waals surface area contributed by atoms with E-state index >= 15 is 0 Å². The largest absolute Gasteiger partial charge is 0.340 e. The monoisotopic (exact) mass is 340 g/mol. The Hall–Kier alpha value is -0.870. The summed E-state index contributed by atoms with van der Waals surface area (Å²) in [5, 5.41) is 3.28. The van der Waals surface area contributed by atoms with Crippen LogP contribution in [0.1, 0.15) is 5.56 Å². The van der Waals surface area contributed by atoms with Crippen molar-refractivity contribution in [2.75, 3.05) is 5.32 Å². The summed E-state index contributed by atoms with van der Waals surface area (Å²) in [7, 11) is 0. The quantitative estimate of drug-likeness (QED) is 0.859. The van der Waals surface area contributed by atoms with E-state index in [1.807, 2.05) is 24.3 Å². The van der Waals surface area contributed by atoms with Gasteiger partial charge in [-0.15, -0.1) is 0 Å². The van der Waals surface area contributed by atoms with E-state index in [1.54, 1.807) is 6.20 Å². The van der Waals surface area contributed by atoms with E-state index < -0.39 is 0 Å². The van der Waals surface area contributed by atoms with Crippen molar-refractivity contribution in [3.05, 3.63) is 51.0 Å². The Morgan fingerprint density at radius 2 is 1.81 bits per heavy atom. The fourth-order valence-electron chi connectivity index (χ4n) is 1.32. The molecule has 1 N–H and O–H groups in total. The first-order chi connectivity index (χ1) is 7.65. The molecule has 2 rings (SSSR count). The van der Waals surface area contributed by atoms with Crippen LogP contribution in [0.15, 0.2) is 45.5 Å². The highest BCUT2D eigenvalue weighted by molar-refractivity contribution is 9.10. The third-order valence-corrected chi connectivity index (χ3v) is 3.15. The molecule has 1 aromatic heterocycles. The number of nitrogens with zero attached hydrogens (tertiary/aromatic N) is 1. The van der Waals surface area contributed by atoms with Crippen LogP contribution in [-0.4, -0.2) is 4.98 Å². The smallest absolute Gasteiger partial charge is 0.130 e. The first-order valence-corrected chi connectivity index (χ1v) is 6.38. The maximum Gasteiger partial charge on any atom is 0.130 e. The molecule has 2 nitrogen and oxygen atoms in total. The van der Waals surface area contributed by atoms with Crippen molar-refractivity contribution >= 4 is 43.4 Å². The number of anilines is 2. The third-order valence-electron chi connectivity index (χ3n) is 2.19. The van der Waals surface area contributed by atoms with Crippen molar-refractivity contribution < 1.29 is 0 Å². The molecular formula is C12H10Br2N2. The maximum absolute atomic E-state index is 4.27. The molecule has 82 valence electrons. The lowest BCUT2D eigenvalue weighted by Gasteiger charge is -2.09. The number of hydrogen-bond donors (Lipinski definition) is 1. The zero-order chi connectivity index (χ0) is 11.5. The van der Waals surface area contributed by atoms with Crippen molar-refractivity contribution in [1.29, 1.82) is 0 Å². The number of hydrogen-bond acceptors (Lipinski definition) is 2. The molecule has 0 saturated carbocycles. The summed E-state index contributed by atoms with van der Waals surface area (Å²) in [4.78, 5) is 4.27. The SMILES string of the molecule is Cc1ccc(Br)cc1Nc1ccc(Br)cn1. The molecule has 1 heterocycles. The average molecular weight is 342 g/mol. The van der Waals surface area contributed by atoms with E-state index in [9.17, 15) is 0 Å². The maximum atomic E-state index is 4.27. The lowest BCUT2D eigenvalue weighted by atomic mass is 10.2. The van der Waals surface area contributed by atoms with Crippen LogP contribution in [0.3, 0.4) is 0 Å². The second kappa shape index (κ2) is 4.97. The van der Waals surface area contributed by atoms with Gasteiger partial charge in [-0.3, -0.25) is 0 Å². The van der Waals surface area contributed by atoms with Gasteiger partial charge in [-0.05, 0) is 52.7 Å². The van der Waals surface area contributed by atoms with Crippen LogP contribution >= 0.6 is 31.9 Å². The minimum Gasteiger partial charge on any atom is -0.340 e. The number of nitrogens with one attached hydrogen (secondary N) is 1. The Morgan fingerprint density at radius 1 is 1.06 bits per heavy atom. The van der Waals surface area contributed by atoms with E-state index in [4.69, 9.17) is 0 Å². The van der Waals surface area contributed by atoms with Crippen LogP contribution in [0.2, 0.25) is 0 Å². The Bertz CT molecular complexity index is 495. The molecule has 4 heteroatoms. The van der Waals surface area contributed by atoms with Gasteiger partial charge >= 0.3 is 0 Å². The second-order valence-electron chi connectivity index (χ2n) is 3.45. The molecule has 0 bridgehead atoms. The molecule has 16 heavy (non-hydrogen) atoms. The zero-order valence-corrected chi connectivity index (χ0v) is 11.8. The van der Waals surface area contributed by atoms with Gasteiger partial charge in [0.15, 0.2) is 0 Å².